The molecule has 96 valence electrons. The minimum absolute atomic E-state index is 0.235. The molecule has 2 rings (SSSR count). The number of amides is 1. The fraction of sp³-hybridized carbons (Fsp3) is 0.143. The Hall–Kier alpha value is -2.74. The number of nitrogens with zero attached hydrogens (tertiary/aromatic N) is 1. The molecule has 0 aliphatic rings. The molecule has 1 aromatic heterocycles. The van der Waals surface area contributed by atoms with Crippen LogP contribution in [0.2, 0.25) is 0 Å². The summed E-state index contributed by atoms with van der Waals surface area (Å²) in [6, 6.07) is 11.3. The minimum atomic E-state index is -0.911. The first-order chi connectivity index (χ1) is 9.19. The van der Waals surface area contributed by atoms with E-state index in [1.165, 1.54) is 0 Å². The SMILES string of the molecule is C#CC(Cc1cc(-c2ccccc2)no1)OC(N)=O. The van der Waals surface area contributed by atoms with E-state index in [-0.39, 0.29) is 6.42 Å². The van der Waals surface area contributed by atoms with Crippen LogP contribution in [-0.4, -0.2) is 17.4 Å². The summed E-state index contributed by atoms with van der Waals surface area (Å²) in [4.78, 5) is 10.6. The molecule has 1 unspecified atom stereocenters. The van der Waals surface area contributed by atoms with Crippen molar-refractivity contribution in [2.24, 2.45) is 5.73 Å². The maximum Gasteiger partial charge on any atom is 0.405 e. The maximum atomic E-state index is 10.6. The van der Waals surface area contributed by atoms with Crippen LogP contribution in [0.25, 0.3) is 11.3 Å². The van der Waals surface area contributed by atoms with E-state index in [0.717, 1.165) is 5.56 Å². The van der Waals surface area contributed by atoms with Gasteiger partial charge in [-0.05, 0) is 0 Å². The average Bonchev–Trinajstić information content (AvgIpc) is 2.87. The first kappa shape index (κ1) is 12.7. The van der Waals surface area contributed by atoms with E-state index in [1.807, 2.05) is 30.3 Å². The monoisotopic (exact) mass is 256 g/mol. The normalized spacial score (nSPS) is 11.5. The van der Waals surface area contributed by atoms with Crippen molar-refractivity contribution in [1.82, 2.24) is 5.16 Å². The molecule has 19 heavy (non-hydrogen) atoms. The first-order valence-electron chi connectivity index (χ1n) is 5.62. The molecule has 0 bridgehead atoms. The van der Waals surface area contributed by atoms with Gasteiger partial charge in [0, 0.05) is 11.6 Å². The molecule has 5 heteroatoms. The van der Waals surface area contributed by atoms with Crippen LogP contribution in [0.4, 0.5) is 4.79 Å². The highest BCUT2D eigenvalue weighted by Crippen LogP contribution is 2.19. The molecular formula is C14H12N2O3. The molecule has 0 saturated carbocycles. The lowest BCUT2D eigenvalue weighted by Gasteiger charge is -2.07. The van der Waals surface area contributed by atoms with E-state index in [4.69, 9.17) is 21.4 Å². The highest BCUT2D eigenvalue weighted by Gasteiger charge is 2.14. The summed E-state index contributed by atoms with van der Waals surface area (Å²) in [5, 5.41) is 3.94. The Kier molecular flexibility index (Phi) is 3.84. The van der Waals surface area contributed by atoms with E-state index in [0.29, 0.717) is 11.5 Å². The van der Waals surface area contributed by atoms with Crippen LogP contribution in [0.1, 0.15) is 5.76 Å². The molecule has 0 spiro atoms. The van der Waals surface area contributed by atoms with Gasteiger partial charge in [-0.25, -0.2) is 4.79 Å². The summed E-state index contributed by atoms with van der Waals surface area (Å²) in [5.41, 5.74) is 6.55. The van der Waals surface area contributed by atoms with Crippen molar-refractivity contribution >= 4 is 6.09 Å². The van der Waals surface area contributed by atoms with E-state index in [1.54, 1.807) is 6.07 Å². The number of primary amides is 1. The highest BCUT2D eigenvalue weighted by atomic mass is 16.6. The largest absolute Gasteiger partial charge is 0.433 e. The lowest BCUT2D eigenvalue weighted by molar-refractivity contribution is 0.130. The van der Waals surface area contributed by atoms with Crippen LogP contribution < -0.4 is 5.73 Å². The van der Waals surface area contributed by atoms with E-state index in [9.17, 15) is 4.79 Å². The molecule has 1 heterocycles. The number of carbonyl (C=O) groups is 1. The van der Waals surface area contributed by atoms with Crippen LogP contribution in [-0.2, 0) is 11.2 Å². The number of terminal acetylenes is 1. The zero-order valence-corrected chi connectivity index (χ0v) is 10.1. The number of nitrogens with two attached hydrogens (primary N) is 1. The summed E-state index contributed by atoms with van der Waals surface area (Å²) in [6.45, 7) is 0. The van der Waals surface area contributed by atoms with E-state index < -0.39 is 12.2 Å². The lowest BCUT2D eigenvalue weighted by Crippen LogP contribution is -2.23. The van der Waals surface area contributed by atoms with Crippen molar-refractivity contribution in [3.63, 3.8) is 0 Å². The third-order valence-corrected chi connectivity index (χ3v) is 2.46. The molecule has 1 atom stereocenters. The van der Waals surface area contributed by atoms with Gasteiger partial charge in [0.2, 0.25) is 0 Å². The van der Waals surface area contributed by atoms with E-state index in [2.05, 4.69) is 11.1 Å². The Morgan fingerprint density at radius 3 is 2.84 bits per heavy atom. The summed E-state index contributed by atoms with van der Waals surface area (Å²) in [7, 11) is 0. The van der Waals surface area contributed by atoms with Gasteiger partial charge >= 0.3 is 6.09 Å². The average molecular weight is 256 g/mol. The van der Waals surface area contributed by atoms with Gasteiger partial charge in [-0.15, -0.1) is 6.42 Å². The Bertz CT molecular complexity index is 599. The third kappa shape index (κ3) is 3.36. The van der Waals surface area contributed by atoms with Gasteiger partial charge in [-0.3, -0.25) is 0 Å². The molecule has 1 amide bonds. The summed E-state index contributed by atoms with van der Waals surface area (Å²) in [5.74, 6) is 2.85. The minimum Gasteiger partial charge on any atom is -0.433 e. The van der Waals surface area contributed by atoms with Crippen LogP contribution in [0.5, 0.6) is 0 Å². The number of ether oxygens (including phenoxy) is 1. The van der Waals surface area contributed by atoms with Crippen molar-refractivity contribution in [3.8, 4) is 23.6 Å². The van der Waals surface area contributed by atoms with Crippen LogP contribution in [0.15, 0.2) is 40.9 Å². The fourth-order valence-electron chi connectivity index (χ4n) is 1.61. The molecule has 2 N–H and O–H groups in total. The molecule has 0 saturated heterocycles. The highest BCUT2D eigenvalue weighted by molar-refractivity contribution is 5.65. The standard InChI is InChI=1S/C14H12N2O3/c1-2-11(18-14(15)17)8-12-9-13(16-19-12)10-6-4-3-5-7-10/h1,3-7,9,11H,8H2,(H2,15,17). The van der Waals surface area contributed by atoms with Crippen LogP contribution >= 0.6 is 0 Å². The number of carbonyl (C=O) groups excluding carboxylic acids is 1. The number of aromatic nitrogens is 1. The molecular weight excluding hydrogens is 244 g/mol. The number of benzene rings is 1. The zero-order chi connectivity index (χ0) is 13.7. The van der Waals surface area contributed by atoms with Crippen molar-refractivity contribution in [3.05, 3.63) is 42.2 Å². The number of hydrogen-bond acceptors (Lipinski definition) is 4. The smallest absolute Gasteiger partial charge is 0.405 e. The molecule has 0 fully saturated rings. The molecule has 5 nitrogen and oxygen atoms in total. The van der Waals surface area contributed by atoms with Crippen molar-refractivity contribution < 1.29 is 14.1 Å². The Balaban J connectivity index is 2.09. The number of hydrogen-bond donors (Lipinski definition) is 1. The van der Waals surface area contributed by atoms with Crippen molar-refractivity contribution in [2.75, 3.05) is 0 Å². The predicted octanol–water partition coefficient (Wildman–Crippen LogP) is 1.98. The topological polar surface area (TPSA) is 78.3 Å². The van der Waals surface area contributed by atoms with Gasteiger partial charge in [0.15, 0.2) is 6.10 Å². The predicted molar refractivity (Wildman–Crippen MR) is 68.9 cm³/mol. The summed E-state index contributed by atoms with van der Waals surface area (Å²) in [6.07, 6.45) is 3.81. The lowest BCUT2D eigenvalue weighted by atomic mass is 10.1. The van der Waals surface area contributed by atoms with Crippen LogP contribution in [0.3, 0.4) is 0 Å². The maximum absolute atomic E-state index is 10.6. The molecule has 1 aromatic carbocycles. The molecule has 0 radical (unpaired) electrons. The first-order valence-corrected chi connectivity index (χ1v) is 5.62. The van der Waals surface area contributed by atoms with Crippen LogP contribution in [0, 0.1) is 12.3 Å². The van der Waals surface area contributed by atoms with Crippen molar-refractivity contribution in [1.29, 1.82) is 0 Å². The summed E-state index contributed by atoms with van der Waals surface area (Å²) >= 11 is 0. The van der Waals surface area contributed by atoms with E-state index >= 15 is 0 Å². The van der Waals surface area contributed by atoms with Crippen molar-refractivity contribution in [2.45, 2.75) is 12.5 Å². The number of rotatable bonds is 4. The molecule has 2 aromatic rings. The Labute approximate surface area is 110 Å². The molecule has 0 aliphatic carbocycles. The van der Waals surface area contributed by atoms with Gasteiger partial charge in [0.1, 0.15) is 11.5 Å². The Morgan fingerprint density at radius 2 is 2.21 bits per heavy atom. The summed E-state index contributed by atoms with van der Waals surface area (Å²) < 4.78 is 9.89. The van der Waals surface area contributed by atoms with Gasteiger partial charge in [-0.2, -0.15) is 0 Å². The fourth-order valence-corrected chi connectivity index (χ4v) is 1.61. The Morgan fingerprint density at radius 1 is 1.47 bits per heavy atom. The van der Waals surface area contributed by atoms with Gasteiger partial charge < -0.3 is 15.0 Å². The van der Waals surface area contributed by atoms with Gasteiger partial charge in [0.05, 0.1) is 6.42 Å². The second kappa shape index (κ2) is 5.74. The molecule has 0 aliphatic heterocycles. The quantitative estimate of drug-likeness (QED) is 0.848. The van der Waals surface area contributed by atoms with Gasteiger partial charge in [0.25, 0.3) is 0 Å². The zero-order valence-electron chi connectivity index (χ0n) is 10.1. The van der Waals surface area contributed by atoms with Gasteiger partial charge in [-0.1, -0.05) is 41.4 Å². The third-order valence-electron chi connectivity index (χ3n) is 2.46. The second-order valence-electron chi connectivity index (χ2n) is 3.84. The second-order valence-corrected chi connectivity index (χ2v) is 3.84.